The summed E-state index contributed by atoms with van der Waals surface area (Å²) < 4.78 is 13.7. The first-order valence-corrected chi connectivity index (χ1v) is 8.70. The van der Waals surface area contributed by atoms with Gasteiger partial charge in [-0.2, -0.15) is 5.10 Å². The summed E-state index contributed by atoms with van der Waals surface area (Å²) in [5.41, 5.74) is 8.63. The molecule has 3 aromatic heterocycles. The summed E-state index contributed by atoms with van der Waals surface area (Å²) in [6, 6.07) is 3.67. The maximum Gasteiger partial charge on any atom is 0.109 e. The Morgan fingerprint density at radius 3 is 3.05 bits per heavy atom. The van der Waals surface area contributed by atoms with Crippen molar-refractivity contribution in [2.45, 2.75) is 25.9 Å². The van der Waals surface area contributed by atoms with Gasteiger partial charge in [0, 0.05) is 22.3 Å². The third-order valence-corrected chi connectivity index (χ3v) is 5.69. The molecule has 0 saturated heterocycles. The number of alkyl halides is 1. The van der Waals surface area contributed by atoms with Crippen molar-refractivity contribution in [3.05, 3.63) is 39.0 Å². The molecule has 1 unspecified atom stereocenters. The number of fused-ring (bicyclic) bond motifs is 1. The molecule has 3 rings (SSSR count). The lowest BCUT2D eigenvalue weighted by Crippen LogP contribution is -2.24. The van der Waals surface area contributed by atoms with Gasteiger partial charge in [-0.3, -0.25) is 0 Å². The Morgan fingerprint density at radius 1 is 1.45 bits per heavy atom. The Morgan fingerprint density at radius 2 is 2.32 bits per heavy atom. The van der Waals surface area contributed by atoms with E-state index in [4.69, 9.17) is 5.73 Å². The summed E-state index contributed by atoms with van der Waals surface area (Å²) in [7, 11) is 0. The number of nitrogens with one attached hydrogen (secondary N) is 1. The van der Waals surface area contributed by atoms with Crippen molar-refractivity contribution in [1.29, 1.82) is 0 Å². The number of aromatic nitrogens is 2. The van der Waals surface area contributed by atoms with Gasteiger partial charge in [0.25, 0.3) is 0 Å². The lowest BCUT2D eigenvalue weighted by molar-refractivity contribution is 0.428. The third-order valence-electron chi connectivity index (χ3n) is 3.48. The molecule has 116 valence electrons. The predicted molar refractivity (Wildman–Crippen MR) is 91.5 cm³/mol. The zero-order valence-corrected chi connectivity index (χ0v) is 13.8. The fourth-order valence-electron chi connectivity index (χ4n) is 2.27. The largest absolute Gasteiger partial charge is 0.378 e. The van der Waals surface area contributed by atoms with Gasteiger partial charge in [0.05, 0.1) is 16.6 Å². The topological polar surface area (TPSA) is 63.8 Å². The Hall–Kier alpha value is -1.57. The first-order valence-electron chi connectivity index (χ1n) is 7.00. The van der Waals surface area contributed by atoms with E-state index in [1.807, 2.05) is 13.0 Å². The second kappa shape index (κ2) is 6.68. The molecule has 0 aliphatic rings. The quantitative estimate of drug-likeness (QED) is 0.723. The fraction of sp³-hybridized carbons (Fsp3) is 0.333. The fourth-order valence-corrected chi connectivity index (χ4v) is 4.23. The van der Waals surface area contributed by atoms with Gasteiger partial charge in [-0.25, -0.2) is 4.39 Å². The Labute approximate surface area is 136 Å². The van der Waals surface area contributed by atoms with Crippen LogP contribution in [0, 0.1) is 6.92 Å². The number of anilines is 1. The second-order valence-electron chi connectivity index (χ2n) is 5.14. The Balaban J connectivity index is 1.89. The zero-order chi connectivity index (χ0) is 15.5. The molecule has 0 fully saturated rings. The molecule has 0 aliphatic carbocycles. The first-order chi connectivity index (χ1) is 10.7. The molecule has 3 aromatic rings. The molecule has 0 aromatic carbocycles. The summed E-state index contributed by atoms with van der Waals surface area (Å²) in [5, 5.41) is 13.8. The van der Waals surface area contributed by atoms with Gasteiger partial charge in [-0.05, 0) is 30.4 Å². The van der Waals surface area contributed by atoms with Gasteiger partial charge in [0.1, 0.15) is 12.2 Å². The van der Waals surface area contributed by atoms with Crippen LogP contribution >= 0.6 is 22.7 Å². The maximum atomic E-state index is 12.7. The van der Waals surface area contributed by atoms with Crippen LogP contribution in [0.3, 0.4) is 0 Å². The van der Waals surface area contributed by atoms with Crippen LogP contribution < -0.4 is 11.1 Å². The molecule has 3 heterocycles. The minimum Gasteiger partial charge on any atom is -0.378 e. The minimum atomic E-state index is -0.511. The molecule has 7 heteroatoms. The van der Waals surface area contributed by atoms with Crippen molar-refractivity contribution in [3.63, 3.8) is 0 Å². The van der Waals surface area contributed by atoms with E-state index in [0.717, 1.165) is 32.9 Å². The van der Waals surface area contributed by atoms with Gasteiger partial charge in [0.15, 0.2) is 0 Å². The molecule has 0 spiro atoms. The monoisotopic (exact) mass is 336 g/mol. The van der Waals surface area contributed by atoms with Crippen LogP contribution in [0.5, 0.6) is 0 Å². The summed E-state index contributed by atoms with van der Waals surface area (Å²) in [6.07, 6.45) is 2.28. The molecular formula is C15H17FN4S2. The van der Waals surface area contributed by atoms with Crippen LogP contribution in [0.2, 0.25) is 0 Å². The van der Waals surface area contributed by atoms with E-state index in [1.54, 1.807) is 28.9 Å². The van der Waals surface area contributed by atoms with Crippen LogP contribution in [-0.2, 0) is 13.0 Å². The van der Waals surface area contributed by atoms with E-state index >= 15 is 0 Å². The number of thiophene rings is 2. The number of hydrogen-bond donors (Lipinski definition) is 2. The average molecular weight is 336 g/mol. The van der Waals surface area contributed by atoms with E-state index in [-0.39, 0.29) is 0 Å². The highest BCUT2D eigenvalue weighted by Crippen LogP contribution is 2.34. The highest BCUT2D eigenvalue weighted by molar-refractivity contribution is 7.19. The first kappa shape index (κ1) is 15.3. The van der Waals surface area contributed by atoms with Gasteiger partial charge < -0.3 is 11.1 Å². The molecule has 4 nitrogen and oxygen atoms in total. The lowest BCUT2D eigenvalue weighted by atomic mass is 10.1. The summed E-state index contributed by atoms with van der Waals surface area (Å²) in [6.45, 7) is 2.24. The van der Waals surface area contributed by atoms with Gasteiger partial charge in [0.2, 0.25) is 0 Å². The van der Waals surface area contributed by atoms with E-state index < -0.39 is 12.7 Å². The second-order valence-corrected chi connectivity index (χ2v) is 7.28. The van der Waals surface area contributed by atoms with Crippen molar-refractivity contribution in [3.8, 4) is 0 Å². The molecule has 0 saturated carbocycles. The Kier molecular flexibility index (Phi) is 4.66. The normalized spacial score (nSPS) is 12.7. The maximum absolute atomic E-state index is 12.7. The number of hydrogen-bond acceptors (Lipinski definition) is 6. The van der Waals surface area contributed by atoms with Crippen molar-refractivity contribution in [2.75, 3.05) is 12.0 Å². The SMILES string of the molecule is Cc1c(CC(N)CF)sc2c(NCc3cccs3)cnnc12. The molecular weight excluding hydrogens is 319 g/mol. The molecule has 0 amide bonds. The molecule has 3 N–H and O–H groups in total. The minimum absolute atomic E-state index is 0.456. The molecule has 0 bridgehead atoms. The van der Waals surface area contributed by atoms with Crippen molar-refractivity contribution in [1.82, 2.24) is 10.2 Å². The van der Waals surface area contributed by atoms with Crippen molar-refractivity contribution >= 4 is 38.6 Å². The van der Waals surface area contributed by atoms with Gasteiger partial charge in [-0.1, -0.05) is 6.07 Å². The van der Waals surface area contributed by atoms with Crippen LogP contribution in [0.1, 0.15) is 15.3 Å². The average Bonchev–Trinajstić information content (AvgIpc) is 3.15. The highest BCUT2D eigenvalue weighted by atomic mass is 32.1. The molecule has 1 atom stereocenters. The number of nitrogens with zero attached hydrogens (tertiary/aromatic N) is 2. The number of halogens is 1. The van der Waals surface area contributed by atoms with E-state index in [1.165, 1.54) is 4.88 Å². The number of rotatable bonds is 6. The lowest BCUT2D eigenvalue weighted by Gasteiger charge is -2.05. The van der Waals surface area contributed by atoms with Crippen LogP contribution in [0.25, 0.3) is 10.2 Å². The Bertz CT molecular complexity index is 754. The molecule has 0 radical (unpaired) electrons. The highest BCUT2D eigenvalue weighted by Gasteiger charge is 2.15. The van der Waals surface area contributed by atoms with E-state index in [2.05, 4.69) is 27.0 Å². The van der Waals surface area contributed by atoms with Crippen molar-refractivity contribution < 1.29 is 4.39 Å². The smallest absolute Gasteiger partial charge is 0.109 e. The van der Waals surface area contributed by atoms with Crippen molar-refractivity contribution in [2.24, 2.45) is 5.73 Å². The van der Waals surface area contributed by atoms with Gasteiger partial charge >= 0.3 is 0 Å². The summed E-state index contributed by atoms with van der Waals surface area (Å²) >= 11 is 3.34. The van der Waals surface area contributed by atoms with Crippen LogP contribution in [0.4, 0.5) is 10.1 Å². The summed E-state index contributed by atoms with van der Waals surface area (Å²) in [5.74, 6) is 0. The van der Waals surface area contributed by atoms with E-state index in [9.17, 15) is 4.39 Å². The zero-order valence-electron chi connectivity index (χ0n) is 12.2. The third kappa shape index (κ3) is 3.11. The van der Waals surface area contributed by atoms with Gasteiger partial charge in [-0.15, -0.1) is 27.8 Å². The standard InChI is InChI=1S/C15H17FN4S2/c1-9-13(5-10(17)6-16)22-15-12(8-19-20-14(9)15)18-7-11-3-2-4-21-11/h2-4,8,10H,5-7,17H2,1H3,(H,18,20). The molecule has 0 aliphatic heterocycles. The summed E-state index contributed by atoms with van der Waals surface area (Å²) in [4.78, 5) is 2.35. The van der Waals surface area contributed by atoms with Crippen LogP contribution in [0.15, 0.2) is 23.7 Å². The predicted octanol–water partition coefficient (Wildman–Crippen LogP) is 3.51. The van der Waals surface area contributed by atoms with E-state index in [0.29, 0.717) is 6.42 Å². The van der Waals surface area contributed by atoms with Crippen LogP contribution in [-0.4, -0.2) is 22.9 Å². The number of aryl methyl sites for hydroxylation is 1. The number of nitrogens with two attached hydrogens (primary N) is 1. The molecule has 22 heavy (non-hydrogen) atoms.